The van der Waals surface area contributed by atoms with Crippen LogP contribution in [0.2, 0.25) is 0 Å². The molecular weight excluding hydrogens is 484 g/mol. The van der Waals surface area contributed by atoms with E-state index in [-0.39, 0.29) is 19.0 Å². The molecule has 0 radical (unpaired) electrons. The lowest BCUT2D eigenvalue weighted by Crippen LogP contribution is -2.36. The first-order chi connectivity index (χ1) is 17.2. The molecule has 1 saturated heterocycles. The fourth-order valence-corrected chi connectivity index (χ4v) is 4.09. The summed E-state index contributed by atoms with van der Waals surface area (Å²) in [5.74, 6) is -2.19. The molecule has 0 atom stereocenters. The number of aromatic nitrogens is 1. The third-order valence-corrected chi connectivity index (χ3v) is 5.85. The Hall–Kier alpha value is -1.93. The zero-order chi connectivity index (χ0) is 24.7. The molecule has 0 bridgehead atoms. The Morgan fingerprint density at radius 1 is 0.886 bits per heavy atom. The third kappa shape index (κ3) is 9.22. The summed E-state index contributed by atoms with van der Waals surface area (Å²) >= 11 is 1.45. The monoisotopic (exact) mass is 517 g/mol. The lowest BCUT2D eigenvalue weighted by Gasteiger charge is -2.26. The molecule has 0 saturated carbocycles. The summed E-state index contributed by atoms with van der Waals surface area (Å²) in [4.78, 5) is 6.71. The summed E-state index contributed by atoms with van der Waals surface area (Å²) in [6.45, 7) is 6.65. The average molecular weight is 518 g/mol. The van der Waals surface area contributed by atoms with Crippen molar-refractivity contribution < 1.29 is 37.2 Å². The Morgan fingerprint density at radius 3 is 2.11 bits per heavy atom. The largest absolute Gasteiger partial charge is 0.487 e. The van der Waals surface area contributed by atoms with E-state index in [1.54, 1.807) is 0 Å². The second-order valence-electron chi connectivity index (χ2n) is 7.44. The highest BCUT2D eigenvalue weighted by atomic mass is 32.1. The highest BCUT2D eigenvalue weighted by Gasteiger charge is 2.20. The van der Waals surface area contributed by atoms with Gasteiger partial charge < -0.3 is 39.1 Å². The van der Waals surface area contributed by atoms with Crippen molar-refractivity contribution in [1.82, 2.24) is 4.98 Å². The summed E-state index contributed by atoms with van der Waals surface area (Å²) in [5.41, 5.74) is 6.26. The summed E-state index contributed by atoms with van der Waals surface area (Å²) < 4.78 is 60.8. The van der Waals surface area contributed by atoms with Crippen molar-refractivity contribution in [2.24, 2.45) is 5.73 Å². The van der Waals surface area contributed by atoms with Crippen LogP contribution >= 0.6 is 11.3 Å². The lowest BCUT2D eigenvalue weighted by atomic mass is 10.1. The van der Waals surface area contributed by atoms with Crippen LogP contribution in [0.15, 0.2) is 17.5 Å². The second kappa shape index (κ2) is 15.9. The Kier molecular flexibility index (Phi) is 12.6. The number of anilines is 1. The van der Waals surface area contributed by atoms with Gasteiger partial charge in [-0.15, -0.1) is 11.3 Å². The minimum atomic E-state index is -1.04. The standard InChI is InChI=1S/C23H33F2N3O6S/c24-19-2-1-18(20-17-35-23(27-20)28-4-7-30-8-5-28)22(21(19)25)34-16-15-33-14-13-32-12-11-31-10-9-29-6-3-26/h1-2,17H,3-16,26H2. The van der Waals surface area contributed by atoms with Gasteiger partial charge in [-0.1, -0.05) is 0 Å². The number of hydrogen-bond acceptors (Lipinski definition) is 10. The van der Waals surface area contributed by atoms with Crippen LogP contribution in [0.5, 0.6) is 5.75 Å². The number of morpholine rings is 1. The van der Waals surface area contributed by atoms with E-state index in [1.807, 2.05) is 5.38 Å². The molecule has 1 aliphatic rings. The molecule has 3 rings (SSSR count). The molecule has 2 N–H and O–H groups in total. The molecule has 12 heteroatoms. The van der Waals surface area contributed by atoms with Crippen LogP contribution in [-0.2, 0) is 23.7 Å². The van der Waals surface area contributed by atoms with Crippen molar-refractivity contribution >= 4 is 16.5 Å². The molecule has 1 aromatic heterocycles. The van der Waals surface area contributed by atoms with Crippen LogP contribution in [0, 0.1) is 11.6 Å². The Morgan fingerprint density at radius 2 is 1.49 bits per heavy atom. The third-order valence-electron chi connectivity index (χ3n) is 4.95. The highest BCUT2D eigenvalue weighted by molar-refractivity contribution is 7.14. The quantitative estimate of drug-likeness (QED) is 0.317. The number of benzene rings is 1. The van der Waals surface area contributed by atoms with Crippen molar-refractivity contribution in [3.63, 3.8) is 0 Å². The molecule has 9 nitrogen and oxygen atoms in total. The topological polar surface area (TPSA) is 97.5 Å². The van der Waals surface area contributed by atoms with E-state index in [4.69, 9.17) is 34.2 Å². The Labute approximate surface area is 208 Å². The molecule has 2 heterocycles. The first-order valence-corrected chi connectivity index (χ1v) is 12.5. The number of nitrogens with zero attached hydrogens (tertiary/aromatic N) is 2. The fourth-order valence-electron chi connectivity index (χ4n) is 3.21. The number of ether oxygens (including phenoxy) is 6. The molecule has 1 aromatic carbocycles. The van der Waals surface area contributed by atoms with E-state index in [2.05, 4.69) is 9.88 Å². The maximum absolute atomic E-state index is 14.5. The van der Waals surface area contributed by atoms with Crippen LogP contribution in [0.4, 0.5) is 13.9 Å². The van der Waals surface area contributed by atoms with Crippen molar-refractivity contribution in [2.75, 3.05) is 97.2 Å². The van der Waals surface area contributed by atoms with Gasteiger partial charge in [0.25, 0.3) is 0 Å². The zero-order valence-electron chi connectivity index (χ0n) is 19.7. The minimum Gasteiger partial charge on any atom is -0.487 e. The van der Waals surface area contributed by atoms with E-state index in [0.717, 1.165) is 24.3 Å². The second-order valence-corrected chi connectivity index (χ2v) is 8.28. The molecule has 0 spiro atoms. The zero-order valence-corrected chi connectivity index (χ0v) is 20.5. The Bertz CT molecular complexity index is 870. The fraction of sp³-hybridized carbons (Fsp3) is 0.609. The first-order valence-electron chi connectivity index (χ1n) is 11.6. The van der Waals surface area contributed by atoms with Gasteiger partial charge in [-0.25, -0.2) is 9.37 Å². The lowest BCUT2D eigenvalue weighted by molar-refractivity contribution is -0.00397. The van der Waals surface area contributed by atoms with E-state index >= 15 is 0 Å². The van der Waals surface area contributed by atoms with Gasteiger partial charge in [0.05, 0.1) is 71.8 Å². The number of hydrogen-bond donors (Lipinski definition) is 1. The molecule has 196 valence electrons. The van der Waals surface area contributed by atoms with E-state index in [1.165, 1.54) is 17.4 Å². The van der Waals surface area contributed by atoms with Gasteiger partial charge >= 0.3 is 0 Å². The average Bonchev–Trinajstić information content (AvgIpc) is 3.37. The van der Waals surface area contributed by atoms with Crippen molar-refractivity contribution in [2.45, 2.75) is 0 Å². The number of rotatable bonds is 17. The summed E-state index contributed by atoms with van der Waals surface area (Å²) in [6, 6.07) is 2.56. The first kappa shape index (κ1) is 27.7. The molecule has 0 aliphatic carbocycles. The number of halogens is 2. The maximum Gasteiger partial charge on any atom is 0.201 e. The summed E-state index contributed by atoms with van der Waals surface area (Å²) in [5, 5.41) is 2.63. The molecule has 1 aliphatic heterocycles. The molecular formula is C23H33F2N3O6S. The van der Waals surface area contributed by atoms with Crippen LogP contribution in [-0.4, -0.2) is 97.3 Å². The van der Waals surface area contributed by atoms with Crippen molar-refractivity contribution in [3.05, 3.63) is 29.1 Å². The van der Waals surface area contributed by atoms with E-state index in [0.29, 0.717) is 77.3 Å². The van der Waals surface area contributed by atoms with Gasteiger partial charge in [0.1, 0.15) is 6.61 Å². The molecule has 0 unspecified atom stereocenters. The van der Waals surface area contributed by atoms with Gasteiger partial charge in [0, 0.05) is 30.6 Å². The van der Waals surface area contributed by atoms with Gasteiger partial charge in [-0.2, -0.15) is 4.39 Å². The Balaban J connectivity index is 1.37. The number of nitrogens with two attached hydrogens (primary N) is 1. The van der Waals surface area contributed by atoms with Gasteiger partial charge in [0.15, 0.2) is 16.7 Å². The number of thiazole rings is 1. The van der Waals surface area contributed by atoms with Crippen LogP contribution in [0.25, 0.3) is 11.3 Å². The predicted molar refractivity (Wildman–Crippen MR) is 128 cm³/mol. The van der Waals surface area contributed by atoms with Gasteiger partial charge in [-0.3, -0.25) is 0 Å². The van der Waals surface area contributed by atoms with Crippen molar-refractivity contribution in [1.29, 1.82) is 0 Å². The summed E-state index contributed by atoms with van der Waals surface area (Å²) in [7, 11) is 0. The SMILES string of the molecule is NCCOCCOCCOCCOCCOc1c(-c2csc(N3CCOCC3)n2)ccc(F)c1F. The normalized spacial score (nSPS) is 14.0. The van der Waals surface area contributed by atoms with Crippen LogP contribution in [0.1, 0.15) is 0 Å². The predicted octanol–water partition coefficient (Wildman–Crippen LogP) is 2.33. The molecule has 35 heavy (non-hydrogen) atoms. The molecule has 1 fully saturated rings. The smallest absolute Gasteiger partial charge is 0.201 e. The summed E-state index contributed by atoms with van der Waals surface area (Å²) in [6.07, 6.45) is 0. The van der Waals surface area contributed by atoms with Crippen molar-refractivity contribution in [3.8, 4) is 17.0 Å². The minimum absolute atomic E-state index is 0.0553. The molecule has 0 amide bonds. The maximum atomic E-state index is 14.5. The van der Waals surface area contributed by atoms with Crippen LogP contribution in [0.3, 0.4) is 0 Å². The van der Waals surface area contributed by atoms with E-state index in [9.17, 15) is 8.78 Å². The van der Waals surface area contributed by atoms with E-state index < -0.39 is 11.6 Å². The highest BCUT2D eigenvalue weighted by Crippen LogP contribution is 2.36. The van der Waals surface area contributed by atoms with Gasteiger partial charge in [0.2, 0.25) is 5.82 Å². The van der Waals surface area contributed by atoms with Gasteiger partial charge in [-0.05, 0) is 12.1 Å². The van der Waals surface area contributed by atoms with Crippen LogP contribution < -0.4 is 15.4 Å². The molecule has 2 aromatic rings.